The van der Waals surface area contributed by atoms with Crippen LogP contribution in [0, 0.1) is 5.41 Å². The number of carbonyl (C=O) groups excluding carboxylic acids is 1. The SMILES string of the molecule is CC1(C)CN(C(=O)c2cnc(-c3ccccn3)nc2)CC[C@@]1(C)O. The summed E-state index contributed by atoms with van der Waals surface area (Å²) in [6.45, 7) is 6.82. The molecule has 0 aliphatic carbocycles. The van der Waals surface area contributed by atoms with Crippen LogP contribution in [0.25, 0.3) is 11.5 Å². The molecular formula is C18H22N4O2. The van der Waals surface area contributed by atoms with Gasteiger partial charge in [0.25, 0.3) is 5.91 Å². The first-order valence-electron chi connectivity index (χ1n) is 8.05. The van der Waals surface area contributed by atoms with Crippen molar-refractivity contribution < 1.29 is 9.90 Å². The van der Waals surface area contributed by atoms with Crippen LogP contribution in [0.4, 0.5) is 0 Å². The second-order valence-corrected chi connectivity index (χ2v) is 7.14. The lowest BCUT2D eigenvalue weighted by Crippen LogP contribution is -2.57. The average Bonchev–Trinajstić information content (AvgIpc) is 2.58. The van der Waals surface area contributed by atoms with Crippen molar-refractivity contribution in [3.63, 3.8) is 0 Å². The lowest BCUT2D eigenvalue weighted by molar-refractivity contribution is -0.0971. The highest BCUT2D eigenvalue weighted by molar-refractivity contribution is 5.93. The van der Waals surface area contributed by atoms with Gasteiger partial charge < -0.3 is 10.0 Å². The van der Waals surface area contributed by atoms with E-state index in [1.807, 2.05) is 39.0 Å². The summed E-state index contributed by atoms with van der Waals surface area (Å²) in [7, 11) is 0. The Morgan fingerprint density at radius 2 is 1.88 bits per heavy atom. The van der Waals surface area contributed by atoms with Crippen LogP contribution in [-0.2, 0) is 0 Å². The summed E-state index contributed by atoms with van der Waals surface area (Å²) in [6.07, 6.45) is 5.32. The van der Waals surface area contributed by atoms with Crippen molar-refractivity contribution in [2.45, 2.75) is 32.8 Å². The number of hydrogen-bond donors (Lipinski definition) is 1. The Kier molecular flexibility index (Phi) is 4.09. The van der Waals surface area contributed by atoms with E-state index in [2.05, 4.69) is 15.0 Å². The molecule has 3 heterocycles. The Labute approximate surface area is 141 Å². The third kappa shape index (κ3) is 3.01. The Hall–Kier alpha value is -2.34. The zero-order chi connectivity index (χ0) is 17.4. The third-order valence-electron chi connectivity index (χ3n) is 4.99. The quantitative estimate of drug-likeness (QED) is 0.915. The molecule has 0 radical (unpaired) electrons. The molecular weight excluding hydrogens is 304 g/mol. The first-order chi connectivity index (χ1) is 11.3. The molecule has 3 rings (SSSR count). The minimum Gasteiger partial charge on any atom is -0.389 e. The van der Waals surface area contributed by atoms with Gasteiger partial charge in [-0.25, -0.2) is 9.97 Å². The molecule has 0 aromatic carbocycles. The van der Waals surface area contributed by atoms with Gasteiger partial charge in [0, 0.05) is 37.1 Å². The molecule has 1 N–H and O–H groups in total. The van der Waals surface area contributed by atoms with Gasteiger partial charge in [-0.2, -0.15) is 0 Å². The molecule has 2 aromatic heterocycles. The van der Waals surface area contributed by atoms with Gasteiger partial charge in [-0.1, -0.05) is 19.9 Å². The molecule has 1 fully saturated rings. The number of hydrogen-bond acceptors (Lipinski definition) is 5. The first kappa shape index (κ1) is 16.5. The van der Waals surface area contributed by atoms with Crippen molar-refractivity contribution >= 4 is 5.91 Å². The van der Waals surface area contributed by atoms with Gasteiger partial charge in [0.2, 0.25) is 0 Å². The van der Waals surface area contributed by atoms with Crippen molar-refractivity contribution in [1.29, 1.82) is 0 Å². The van der Waals surface area contributed by atoms with Crippen LogP contribution >= 0.6 is 0 Å². The largest absolute Gasteiger partial charge is 0.389 e. The van der Waals surface area contributed by atoms with Crippen LogP contribution in [0.5, 0.6) is 0 Å². The molecule has 1 amide bonds. The summed E-state index contributed by atoms with van der Waals surface area (Å²) in [5, 5.41) is 10.5. The summed E-state index contributed by atoms with van der Waals surface area (Å²) in [6, 6.07) is 5.52. The van der Waals surface area contributed by atoms with Crippen molar-refractivity contribution in [3.05, 3.63) is 42.4 Å². The molecule has 1 saturated heterocycles. The Balaban J connectivity index is 1.77. The van der Waals surface area contributed by atoms with E-state index in [-0.39, 0.29) is 11.3 Å². The fourth-order valence-electron chi connectivity index (χ4n) is 2.84. The van der Waals surface area contributed by atoms with Gasteiger partial charge >= 0.3 is 0 Å². The second-order valence-electron chi connectivity index (χ2n) is 7.14. The number of aromatic nitrogens is 3. The standard InChI is InChI=1S/C18H22N4O2/c1-17(2)12-22(9-7-18(17,3)24)16(23)13-10-20-15(21-11-13)14-6-4-5-8-19-14/h4-6,8,10-11,24H,7,9,12H2,1-3H3/t18-/m1/s1. The molecule has 6 nitrogen and oxygen atoms in total. The molecule has 6 heteroatoms. The molecule has 0 unspecified atom stereocenters. The number of likely N-dealkylation sites (tertiary alicyclic amines) is 1. The third-order valence-corrected chi connectivity index (χ3v) is 4.99. The van der Waals surface area contributed by atoms with Crippen molar-refractivity contribution in [3.8, 4) is 11.5 Å². The zero-order valence-corrected chi connectivity index (χ0v) is 14.2. The summed E-state index contributed by atoms with van der Waals surface area (Å²) in [5.41, 5.74) is -0.0163. The Morgan fingerprint density at radius 1 is 1.17 bits per heavy atom. The highest BCUT2D eigenvalue weighted by atomic mass is 16.3. The van der Waals surface area contributed by atoms with Crippen LogP contribution in [0.3, 0.4) is 0 Å². The molecule has 1 aliphatic rings. The van der Waals surface area contributed by atoms with Crippen LogP contribution in [-0.4, -0.2) is 49.6 Å². The van der Waals surface area contributed by atoms with Crippen LogP contribution in [0.2, 0.25) is 0 Å². The van der Waals surface area contributed by atoms with Gasteiger partial charge in [0.1, 0.15) is 5.69 Å². The first-order valence-corrected chi connectivity index (χ1v) is 8.05. The summed E-state index contributed by atoms with van der Waals surface area (Å²) in [4.78, 5) is 27.2. The normalized spacial score (nSPS) is 23.1. The van der Waals surface area contributed by atoms with Crippen LogP contribution < -0.4 is 0 Å². The molecule has 24 heavy (non-hydrogen) atoms. The molecule has 2 aromatic rings. The van der Waals surface area contributed by atoms with E-state index >= 15 is 0 Å². The Morgan fingerprint density at radius 3 is 2.46 bits per heavy atom. The van der Waals surface area contributed by atoms with E-state index in [0.29, 0.717) is 36.6 Å². The highest BCUT2D eigenvalue weighted by Gasteiger charge is 2.45. The number of rotatable bonds is 2. The summed E-state index contributed by atoms with van der Waals surface area (Å²) in [5.74, 6) is 0.389. The monoisotopic (exact) mass is 326 g/mol. The number of piperidine rings is 1. The van der Waals surface area contributed by atoms with E-state index < -0.39 is 5.60 Å². The second kappa shape index (κ2) is 5.94. The molecule has 1 atom stereocenters. The number of amides is 1. The number of nitrogens with zero attached hydrogens (tertiary/aromatic N) is 4. The van der Waals surface area contributed by atoms with E-state index in [0.717, 1.165) is 0 Å². The van der Waals surface area contributed by atoms with Crippen molar-refractivity contribution in [2.75, 3.05) is 13.1 Å². The summed E-state index contributed by atoms with van der Waals surface area (Å²) < 4.78 is 0. The maximum absolute atomic E-state index is 12.7. The van der Waals surface area contributed by atoms with Gasteiger partial charge in [0.15, 0.2) is 5.82 Å². The topological polar surface area (TPSA) is 79.2 Å². The lowest BCUT2D eigenvalue weighted by atomic mass is 9.71. The maximum atomic E-state index is 12.7. The van der Waals surface area contributed by atoms with E-state index in [9.17, 15) is 9.90 Å². The average molecular weight is 326 g/mol. The van der Waals surface area contributed by atoms with Gasteiger partial charge in [-0.3, -0.25) is 9.78 Å². The Bertz CT molecular complexity index is 726. The summed E-state index contributed by atoms with van der Waals surface area (Å²) >= 11 is 0. The van der Waals surface area contributed by atoms with Crippen molar-refractivity contribution in [2.24, 2.45) is 5.41 Å². The van der Waals surface area contributed by atoms with Gasteiger partial charge in [-0.15, -0.1) is 0 Å². The molecule has 126 valence electrons. The van der Waals surface area contributed by atoms with Gasteiger partial charge in [-0.05, 0) is 25.5 Å². The lowest BCUT2D eigenvalue weighted by Gasteiger charge is -2.48. The number of pyridine rings is 1. The van der Waals surface area contributed by atoms with Gasteiger partial charge in [0.05, 0.1) is 11.2 Å². The van der Waals surface area contributed by atoms with E-state index in [4.69, 9.17) is 0 Å². The molecule has 0 bridgehead atoms. The minimum atomic E-state index is -0.775. The predicted octanol–water partition coefficient (Wildman–Crippen LogP) is 2.16. The molecule has 0 spiro atoms. The zero-order valence-electron chi connectivity index (χ0n) is 14.2. The van der Waals surface area contributed by atoms with E-state index in [1.165, 1.54) is 0 Å². The van der Waals surface area contributed by atoms with Crippen molar-refractivity contribution in [1.82, 2.24) is 19.9 Å². The minimum absolute atomic E-state index is 0.105. The van der Waals surface area contributed by atoms with Crippen LogP contribution in [0.1, 0.15) is 37.6 Å². The number of carbonyl (C=O) groups is 1. The fourth-order valence-corrected chi connectivity index (χ4v) is 2.84. The highest BCUT2D eigenvalue weighted by Crippen LogP contribution is 2.38. The fraction of sp³-hybridized carbons (Fsp3) is 0.444. The van der Waals surface area contributed by atoms with E-state index in [1.54, 1.807) is 23.5 Å². The number of aliphatic hydroxyl groups is 1. The smallest absolute Gasteiger partial charge is 0.257 e. The molecule has 1 aliphatic heterocycles. The predicted molar refractivity (Wildman–Crippen MR) is 90.2 cm³/mol. The maximum Gasteiger partial charge on any atom is 0.257 e. The van der Waals surface area contributed by atoms with Crippen LogP contribution in [0.15, 0.2) is 36.8 Å². The molecule has 0 saturated carbocycles.